The number of carbonyl (C=O) groups excluding carboxylic acids is 2. The van der Waals surface area contributed by atoms with Gasteiger partial charge in [-0.3, -0.25) is 0 Å². The second-order valence-electron chi connectivity index (χ2n) is 5.78. The van der Waals surface area contributed by atoms with E-state index in [1.165, 1.54) is 0 Å². The zero-order chi connectivity index (χ0) is 18.5. The molecule has 0 saturated heterocycles. The first kappa shape index (κ1) is 19.3. The highest BCUT2D eigenvalue weighted by atomic mass is 16.6. The van der Waals surface area contributed by atoms with Gasteiger partial charge in [0.25, 0.3) is 11.6 Å². The molecule has 0 aromatic carbocycles. The Morgan fingerprint density at radius 3 is 2.46 bits per heavy atom. The van der Waals surface area contributed by atoms with Crippen LogP contribution in [0.1, 0.15) is 43.8 Å². The SMILES string of the molecule is CCOC(=O)c1onc(O)c1C[C@H](NC(=O)OC(C)(C)C)C(=O)O. The quantitative estimate of drug-likeness (QED) is 0.644. The summed E-state index contributed by atoms with van der Waals surface area (Å²) < 4.78 is 14.4. The number of carbonyl (C=O) groups is 3. The van der Waals surface area contributed by atoms with E-state index in [0.29, 0.717) is 0 Å². The second-order valence-corrected chi connectivity index (χ2v) is 5.78. The molecule has 10 heteroatoms. The van der Waals surface area contributed by atoms with Crippen LogP contribution >= 0.6 is 0 Å². The van der Waals surface area contributed by atoms with Crippen molar-refractivity contribution in [3.8, 4) is 5.88 Å². The average Bonchev–Trinajstić information content (AvgIpc) is 2.77. The van der Waals surface area contributed by atoms with Gasteiger partial charge in [-0.25, -0.2) is 14.4 Å². The molecule has 1 atom stereocenters. The topological polar surface area (TPSA) is 148 Å². The fourth-order valence-corrected chi connectivity index (χ4v) is 1.70. The first-order valence-electron chi connectivity index (χ1n) is 7.12. The number of nitrogens with zero attached hydrogens (tertiary/aromatic N) is 1. The molecule has 1 aromatic heterocycles. The summed E-state index contributed by atoms with van der Waals surface area (Å²) in [6.07, 6.45) is -1.40. The zero-order valence-corrected chi connectivity index (χ0v) is 13.8. The summed E-state index contributed by atoms with van der Waals surface area (Å²) in [5, 5.41) is 24.2. The van der Waals surface area contributed by atoms with E-state index in [2.05, 4.69) is 15.0 Å². The molecule has 1 rings (SSSR count). The summed E-state index contributed by atoms with van der Waals surface area (Å²) >= 11 is 0. The Morgan fingerprint density at radius 1 is 1.33 bits per heavy atom. The van der Waals surface area contributed by atoms with Gasteiger partial charge in [0.15, 0.2) is 0 Å². The van der Waals surface area contributed by atoms with Gasteiger partial charge in [0.1, 0.15) is 11.6 Å². The van der Waals surface area contributed by atoms with Crippen molar-refractivity contribution in [3.63, 3.8) is 0 Å². The Bertz CT molecular complexity index is 617. The van der Waals surface area contributed by atoms with Gasteiger partial charge in [0.2, 0.25) is 0 Å². The van der Waals surface area contributed by atoms with Gasteiger partial charge in [0.05, 0.1) is 12.2 Å². The molecule has 0 aliphatic carbocycles. The molecule has 1 heterocycles. The van der Waals surface area contributed by atoms with Crippen molar-refractivity contribution in [2.45, 2.75) is 45.8 Å². The zero-order valence-electron chi connectivity index (χ0n) is 13.8. The first-order valence-corrected chi connectivity index (χ1v) is 7.12. The maximum atomic E-state index is 11.7. The lowest BCUT2D eigenvalue weighted by molar-refractivity contribution is -0.139. The lowest BCUT2D eigenvalue weighted by atomic mass is 10.1. The number of rotatable bonds is 6. The van der Waals surface area contributed by atoms with E-state index < -0.39 is 47.7 Å². The molecule has 0 fully saturated rings. The monoisotopic (exact) mass is 344 g/mol. The largest absolute Gasteiger partial charge is 0.491 e. The highest BCUT2D eigenvalue weighted by Crippen LogP contribution is 2.23. The van der Waals surface area contributed by atoms with Crippen molar-refractivity contribution >= 4 is 18.0 Å². The van der Waals surface area contributed by atoms with Crippen LogP contribution < -0.4 is 5.32 Å². The lowest BCUT2D eigenvalue weighted by Gasteiger charge is -2.21. The number of aromatic hydroxyl groups is 1. The second kappa shape index (κ2) is 7.66. The predicted octanol–water partition coefficient (Wildman–Crippen LogP) is 1.08. The van der Waals surface area contributed by atoms with Crippen LogP contribution in [0.25, 0.3) is 0 Å². The number of hydrogen-bond acceptors (Lipinski definition) is 8. The van der Waals surface area contributed by atoms with Crippen LogP contribution in [-0.2, 0) is 20.7 Å². The minimum absolute atomic E-state index is 0.0538. The Labute approximate surface area is 137 Å². The van der Waals surface area contributed by atoms with Crippen LogP contribution in [-0.4, -0.2) is 51.7 Å². The molecule has 0 radical (unpaired) electrons. The number of esters is 1. The average molecular weight is 344 g/mol. The molecule has 0 aliphatic heterocycles. The van der Waals surface area contributed by atoms with Crippen molar-refractivity contribution in [2.75, 3.05) is 6.61 Å². The maximum Gasteiger partial charge on any atom is 0.408 e. The van der Waals surface area contributed by atoms with Crippen molar-refractivity contribution in [3.05, 3.63) is 11.3 Å². The van der Waals surface area contributed by atoms with Crippen molar-refractivity contribution in [2.24, 2.45) is 0 Å². The molecule has 24 heavy (non-hydrogen) atoms. The highest BCUT2D eigenvalue weighted by Gasteiger charge is 2.30. The molecule has 0 aliphatic rings. The number of carboxylic acids is 1. The number of carboxylic acid groups (broad SMARTS) is 1. The maximum absolute atomic E-state index is 11.7. The number of aliphatic carboxylic acids is 1. The summed E-state index contributed by atoms with van der Waals surface area (Å²) in [6.45, 7) is 6.48. The van der Waals surface area contributed by atoms with Crippen molar-refractivity contribution in [1.29, 1.82) is 0 Å². The van der Waals surface area contributed by atoms with E-state index in [9.17, 15) is 24.6 Å². The van der Waals surface area contributed by atoms with Gasteiger partial charge in [-0.15, -0.1) is 0 Å². The number of ether oxygens (including phenoxy) is 2. The van der Waals surface area contributed by atoms with Crippen LogP contribution in [0.2, 0.25) is 0 Å². The minimum atomic E-state index is -1.47. The molecule has 134 valence electrons. The molecule has 0 spiro atoms. The summed E-state index contributed by atoms with van der Waals surface area (Å²) in [5.41, 5.74) is -1.00. The fourth-order valence-electron chi connectivity index (χ4n) is 1.70. The Kier molecular flexibility index (Phi) is 6.15. The van der Waals surface area contributed by atoms with Gasteiger partial charge in [-0.05, 0) is 32.9 Å². The molecular formula is C14H20N2O8. The molecule has 10 nitrogen and oxygen atoms in total. The summed E-state index contributed by atoms with van der Waals surface area (Å²) in [4.78, 5) is 34.8. The number of hydrogen-bond donors (Lipinski definition) is 3. The van der Waals surface area contributed by atoms with Gasteiger partial charge < -0.3 is 29.5 Å². The summed E-state index contributed by atoms with van der Waals surface area (Å²) in [6, 6.07) is -1.47. The van der Waals surface area contributed by atoms with Gasteiger partial charge in [0, 0.05) is 6.42 Å². The lowest BCUT2D eigenvalue weighted by Crippen LogP contribution is -2.44. The number of aromatic nitrogens is 1. The first-order chi connectivity index (χ1) is 11.0. The Morgan fingerprint density at radius 2 is 1.96 bits per heavy atom. The predicted molar refractivity (Wildman–Crippen MR) is 78.6 cm³/mol. The standard InChI is InChI=1S/C14H20N2O8/c1-5-22-12(20)9-7(10(17)16-24-9)6-8(11(18)19)15-13(21)23-14(2,3)4/h8H,5-6H2,1-4H3,(H,15,21)(H,16,17)(H,18,19)/t8-/m0/s1. The van der Waals surface area contributed by atoms with Crippen LogP contribution in [0.3, 0.4) is 0 Å². The summed E-state index contributed by atoms with van der Waals surface area (Å²) in [7, 11) is 0. The third kappa shape index (κ3) is 5.45. The fraction of sp³-hybridized carbons (Fsp3) is 0.571. The van der Waals surface area contributed by atoms with E-state index in [-0.39, 0.29) is 12.2 Å². The van der Waals surface area contributed by atoms with Crippen molar-refractivity contribution in [1.82, 2.24) is 10.5 Å². The third-order valence-corrected chi connectivity index (χ3v) is 2.63. The van der Waals surface area contributed by atoms with Crippen LogP contribution in [0.5, 0.6) is 5.88 Å². The summed E-state index contributed by atoms with van der Waals surface area (Å²) in [5.74, 6) is -3.38. The molecule has 3 N–H and O–H groups in total. The molecule has 1 aromatic rings. The van der Waals surface area contributed by atoms with Crippen LogP contribution in [0, 0.1) is 0 Å². The molecule has 0 saturated carbocycles. The number of amides is 1. The molecule has 1 amide bonds. The molecule has 0 unspecified atom stereocenters. The minimum Gasteiger partial charge on any atom is -0.491 e. The van der Waals surface area contributed by atoms with Gasteiger partial charge in [-0.2, -0.15) is 0 Å². The van der Waals surface area contributed by atoms with Crippen LogP contribution in [0.15, 0.2) is 4.52 Å². The highest BCUT2D eigenvalue weighted by molar-refractivity contribution is 5.89. The van der Waals surface area contributed by atoms with E-state index in [1.807, 2.05) is 0 Å². The van der Waals surface area contributed by atoms with E-state index in [0.717, 1.165) is 0 Å². The van der Waals surface area contributed by atoms with Crippen LogP contribution in [0.4, 0.5) is 4.79 Å². The van der Waals surface area contributed by atoms with E-state index in [1.54, 1.807) is 27.7 Å². The third-order valence-electron chi connectivity index (χ3n) is 2.63. The smallest absolute Gasteiger partial charge is 0.408 e. The Balaban J connectivity index is 2.94. The molecule has 0 bridgehead atoms. The van der Waals surface area contributed by atoms with E-state index >= 15 is 0 Å². The Hall–Kier alpha value is -2.78. The van der Waals surface area contributed by atoms with E-state index in [4.69, 9.17) is 9.47 Å². The van der Waals surface area contributed by atoms with Gasteiger partial charge >= 0.3 is 18.0 Å². The number of alkyl carbamates (subject to hydrolysis) is 1. The molecular weight excluding hydrogens is 324 g/mol. The normalized spacial score (nSPS) is 12.3. The van der Waals surface area contributed by atoms with Crippen molar-refractivity contribution < 1.29 is 38.6 Å². The van der Waals surface area contributed by atoms with Gasteiger partial charge in [-0.1, -0.05) is 0 Å². The number of nitrogens with one attached hydrogen (secondary N) is 1.